The summed E-state index contributed by atoms with van der Waals surface area (Å²) in [6.07, 6.45) is 7.48. The average Bonchev–Trinajstić information content (AvgIpc) is 2.35. The van der Waals surface area contributed by atoms with Crippen LogP contribution in [0.1, 0.15) is 59.3 Å². The first-order chi connectivity index (χ1) is 7.69. The third-order valence-electron chi connectivity index (χ3n) is 4.15. The van der Waals surface area contributed by atoms with Crippen molar-refractivity contribution in [1.82, 2.24) is 0 Å². The van der Waals surface area contributed by atoms with Crippen LogP contribution in [0.2, 0.25) is 0 Å². The van der Waals surface area contributed by atoms with Crippen molar-refractivity contribution in [2.75, 3.05) is 6.61 Å². The molecule has 1 fully saturated rings. The van der Waals surface area contributed by atoms with Gasteiger partial charge < -0.3 is 9.84 Å². The molecule has 0 bridgehead atoms. The fourth-order valence-electron chi connectivity index (χ4n) is 2.52. The number of ether oxygens (including phenoxy) is 1. The molecular formula is C14H28O2. The van der Waals surface area contributed by atoms with Crippen LogP contribution in [0.3, 0.4) is 0 Å². The first-order valence-electron chi connectivity index (χ1n) is 6.98. The quantitative estimate of drug-likeness (QED) is 0.755. The van der Waals surface area contributed by atoms with Gasteiger partial charge in [0.1, 0.15) is 0 Å². The summed E-state index contributed by atoms with van der Waals surface area (Å²) >= 11 is 0. The van der Waals surface area contributed by atoms with Crippen molar-refractivity contribution in [3.8, 4) is 0 Å². The van der Waals surface area contributed by atoms with E-state index in [0.717, 1.165) is 12.3 Å². The number of rotatable bonds is 6. The van der Waals surface area contributed by atoms with E-state index in [9.17, 15) is 5.11 Å². The minimum atomic E-state index is -0.288. The summed E-state index contributed by atoms with van der Waals surface area (Å²) in [4.78, 5) is 0. The Kier molecular flexibility index (Phi) is 6.37. The molecule has 4 atom stereocenters. The van der Waals surface area contributed by atoms with Gasteiger partial charge in [-0.15, -0.1) is 0 Å². The largest absolute Gasteiger partial charge is 0.390 e. The molecule has 1 N–H and O–H groups in total. The van der Waals surface area contributed by atoms with Gasteiger partial charge >= 0.3 is 0 Å². The average molecular weight is 228 g/mol. The molecule has 2 heteroatoms. The molecule has 0 aromatic carbocycles. The number of hydrogen-bond acceptors (Lipinski definition) is 2. The van der Waals surface area contributed by atoms with E-state index in [4.69, 9.17) is 4.74 Å². The second kappa shape index (κ2) is 7.29. The highest BCUT2D eigenvalue weighted by atomic mass is 16.5. The molecule has 0 aliphatic heterocycles. The van der Waals surface area contributed by atoms with Crippen molar-refractivity contribution in [3.63, 3.8) is 0 Å². The molecule has 2 nitrogen and oxygen atoms in total. The second-order valence-corrected chi connectivity index (χ2v) is 5.28. The predicted octanol–water partition coefficient (Wildman–Crippen LogP) is 3.38. The van der Waals surface area contributed by atoms with Crippen LogP contribution in [-0.2, 0) is 4.74 Å². The van der Waals surface area contributed by atoms with Gasteiger partial charge in [0.25, 0.3) is 0 Å². The first-order valence-corrected chi connectivity index (χ1v) is 6.98. The van der Waals surface area contributed by atoms with E-state index in [1.165, 1.54) is 32.1 Å². The highest BCUT2D eigenvalue weighted by molar-refractivity contribution is 4.75. The number of aliphatic hydroxyl groups is 1. The van der Waals surface area contributed by atoms with Crippen LogP contribution in [0.4, 0.5) is 0 Å². The summed E-state index contributed by atoms with van der Waals surface area (Å²) in [5, 5.41) is 9.88. The molecule has 1 saturated carbocycles. The van der Waals surface area contributed by atoms with Crippen molar-refractivity contribution in [1.29, 1.82) is 0 Å². The minimum Gasteiger partial charge on any atom is -0.390 e. The molecule has 0 radical (unpaired) electrons. The van der Waals surface area contributed by atoms with Gasteiger partial charge in [-0.1, -0.05) is 46.5 Å². The summed E-state index contributed by atoms with van der Waals surface area (Å²) in [6, 6.07) is 0. The second-order valence-electron chi connectivity index (χ2n) is 5.28. The van der Waals surface area contributed by atoms with Crippen LogP contribution in [0.15, 0.2) is 0 Å². The van der Waals surface area contributed by atoms with Crippen LogP contribution < -0.4 is 0 Å². The van der Waals surface area contributed by atoms with Crippen LogP contribution in [0.25, 0.3) is 0 Å². The van der Waals surface area contributed by atoms with Crippen molar-refractivity contribution < 1.29 is 9.84 Å². The number of aliphatic hydroxyl groups excluding tert-OH is 1. The van der Waals surface area contributed by atoms with Crippen molar-refractivity contribution >= 4 is 0 Å². The van der Waals surface area contributed by atoms with Crippen molar-refractivity contribution in [2.24, 2.45) is 11.8 Å². The molecular weight excluding hydrogens is 200 g/mol. The van der Waals surface area contributed by atoms with Gasteiger partial charge in [-0.05, 0) is 24.7 Å². The fraction of sp³-hybridized carbons (Fsp3) is 1.00. The van der Waals surface area contributed by atoms with Gasteiger partial charge in [0, 0.05) is 0 Å². The van der Waals surface area contributed by atoms with E-state index in [1.807, 2.05) is 0 Å². The monoisotopic (exact) mass is 228 g/mol. The van der Waals surface area contributed by atoms with E-state index >= 15 is 0 Å². The molecule has 0 aromatic heterocycles. The van der Waals surface area contributed by atoms with E-state index in [1.54, 1.807) is 0 Å². The summed E-state index contributed by atoms with van der Waals surface area (Å²) in [5.41, 5.74) is 0. The third kappa shape index (κ3) is 4.06. The Morgan fingerprint density at radius 3 is 2.56 bits per heavy atom. The fourth-order valence-corrected chi connectivity index (χ4v) is 2.52. The van der Waals surface area contributed by atoms with Crippen LogP contribution in [0.5, 0.6) is 0 Å². The molecule has 96 valence electrons. The van der Waals surface area contributed by atoms with Crippen LogP contribution >= 0.6 is 0 Å². The SMILES string of the molecule is CCC(C)C(O)COC1CCCCC1CC. The lowest BCUT2D eigenvalue weighted by atomic mass is 9.84. The highest BCUT2D eigenvalue weighted by Gasteiger charge is 2.25. The van der Waals surface area contributed by atoms with Crippen LogP contribution in [-0.4, -0.2) is 23.9 Å². The summed E-state index contributed by atoms with van der Waals surface area (Å²) < 4.78 is 5.92. The topological polar surface area (TPSA) is 29.5 Å². The van der Waals surface area contributed by atoms with Gasteiger partial charge in [0.2, 0.25) is 0 Å². The lowest BCUT2D eigenvalue weighted by molar-refractivity contribution is -0.0632. The summed E-state index contributed by atoms with van der Waals surface area (Å²) in [7, 11) is 0. The lowest BCUT2D eigenvalue weighted by Crippen LogP contribution is -2.32. The zero-order valence-corrected chi connectivity index (χ0v) is 11.1. The standard InChI is InChI=1S/C14H28O2/c1-4-11(3)13(15)10-16-14-9-7-6-8-12(14)5-2/h11-15H,4-10H2,1-3H3. The molecule has 1 rings (SSSR count). The predicted molar refractivity (Wildman–Crippen MR) is 67.5 cm³/mol. The number of hydrogen-bond donors (Lipinski definition) is 1. The summed E-state index contributed by atoms with van der Waals surface area (Å²) in [5.74, 6) is 1.07. The Balaban J connectivity index is 2.29. The van der Waals surface area contributed by atoms with Gasteiger partial charge in [-0.2, -0.15) is 0 Å². The highest BCUT2D eigenvalue weighted by Crippen LogP contribution is 2.29. The zero-order valence-electron chi connectivity index (χ0n) is 11.1. The first kappa shape index (κ1) is 14.0. The Labute approximate surface area is 100 Å². The maximum Gasteiger partial charge on any atom is 0.0799 e. The summed E-state index contributed by atoms with van der Waals surface area (Å²) in [6.45, 7) is 6.98. The van der Waals surface area contributed by atoms with Gasteiger partial charge in [-0.3, -0.25) is 0 Å². The lowest BCUT2D eigenvalue weighted by Gasteiger charge is -2.32. The maximum atomic E-state index is 9.88. The Morgan fingerprint density at radius 2 is 1.94 bits per heavy atom. The molecule has 0 saturated heterocycles. The maximum absolute atomic E-state index is 9.88. The van der Waals surface area contributed by atoms with E-state index in [0.29, 0.717) is 18.6 Å². The molecule has 0 spiro atoms. The molecule has 0 heterocycles. The van der Waals surface area contributed by atoms with E-state index in [-0.39, 0.29) is 6.10 Å². The third-order valence-corrected chi connectivity index (χ3v) is 4.15. The van der Waals surface area contributed by atoms with Crippen molar-refractivity contribution in [2.45, 2.75) is 71.5 Å². The Morgan fingerprint density at radius 1 is 1.25 bits per heavy atom. The molecule has 1 aliphatic carbocycles. The van der Waals surface area contributed by atoms with Gasteiger partial charge in [0.15, 0.2) is 0 Å². The molecule has 1 aliphatic rings. The molecule has 16 heavy (non-hydrogen) atoms. The Hall–Kier alpha value is -0.0800. The zero-order chi connectivity index (χ0) is 12.0. The van der Waals surface area contributed by atoms with E-state index in [2.05, 4.69) is 20.8 Å². The molecule has 0 amide bonds. The van der Waals surface area contributed by atoms with Gasteiger partial charge in [0.05, 0.1) is 18.8 Å². The molecule has 4 unspecified atom stereocenters. The smallest absolute Gasteiger partial charge is 0.0799 e. The minimum absolute atomic E-state index is 0.288. The van der Waals surface area contributed by atoms with Gasteiger partial charge in [-0.25, -0.2) is 0 Å². The van der Waals surface area contributed by atoms with E-state index < -0.39 is 0 Å². The Bertz CT molecular complexity index is 182. The normalized spacial score (nSPS) is 30.0. The molecule has 0 aromatic rings. The van der Waals surface area contributed by atoms with Crippen LogP contribution in [0, 0.1) is 11.8 Å². The van der Waals surface area contributed by atoms with Crippen molar-refractivity contribution in [3.05, 3.63) is 0 Å².